The molecule has 0 aromatic rings. The number of nitrogens with zero attached hydrogens (tertiary/aromatic N) is 1. The van der Waals surface area contributed by atoms with Crippen LogP contribution in [0, 0.1) is 5.92 Å². The highest BCUT2D eigenvalue weighted by atomic mass is 16.4. The number of hydrogen-bond acceptors (Lipinski definition) is 3. The van der Waals surface area contributed by atoms with Crippen LogP contribution in [0.15, 0.2) is 0 Å². The van der Waals surface area contributed by atoms with Gasteiger partial charge in [0.2, 0.25) is 0 Å². The Bertz CT molecular complexity index is 198. The van der Waals surface area contributed by atoms with Crippen molar-refractivity contribution in [2.75, 3.05) is 13.1 Å². The molecule has 1 fully saturated rings. The third-order valence-corrected chi connectivity index (χ3v) is 3.00. The molecule has 1 saturated heterocycles. The number of piperidine rings is 1. The van der Waals surface area contributed by atoms with Gasteiger partial charge in [-0.25, -0.2) is 4.79 Å². The first kappa shape index (κ1) is 11.5. The van der Waals surface area contributed by atoms with Gasteiger partial charge in [0.05, 0.1) is 0 Å². The van der Waals surface area contributed by atoms with Crippen molar-refractivity contribution >= 4 is 5.97 Å². The number of aliphatic carboxylic acids is 1. The Kier molecular flexibility index (Phi) is 3.89. The van der Waals surface area contributed by atoms with E-state index < -0.39 is 12.1 Å². The Labute approximate surface area is 84.5 Å². The van der Waals surface area contributed by atoms with Gasteiger partial charge in [0.1, 0.15) is 0 Å². The zero-order valence-corrected chi connectivity index (χ0v) is 8.81. The average molecular weight is 201 g/mol. The molecule has 0 bridgehead atoms. The summed E-state index contributed by atoms with van der Waals surface area (Å²) in [6, 6.07) is 0.512. The Morgan fingerprint density at radius 1 is 1.36 bits per heavy atom. The van der Waals surface area contributed by atoms with E-state index in [1.165, 1.54) is 0 Å². The maximum Gasteiger partial charge on any atom is 0.332 e. The van der Waals surface area contributed by atoms with Crippen molar-refractivity contribution in [1.29, 1.82) is 0 Å². The van der Waals surface area contributed by atoms with Crippen molar-refractivity contribution in [2.45, 2.75) is 38.8 Å². The molecule has 1 unspecified atom stereocenters. The van der Waals surface area contributed by atoms with Gasteiger partial charge in [-0.05, 0) is 45.7 Å². The van der Waals surface area contributed by atoms with Gasteiger partial charge in [0.15, 0.2) is 6.10 Å². The van der Waals surface area contributed by atoms with E-state index in [1.807, 2.05) is 0 Å². The van der Waals surface area contributed by atoms with Gasteiger partial charge in [-0.15, -0.1) is 0 Å². The monoisotopic (exact) mass is 201 g/mol. The Morgan fingerprint density at radius 3 is 2.21 bits per heavy atom. The maximum absolute atomic E-state index is 10.6. The molecular weight excluding hydrogens is 182 g/mol. The molecule has 0 spiro atoms. The summed E-state index contributed by atoms with van der Waals surface area (Å²) in [5.74, 6) is -1.16. The standard InChI is InChI=1S/C10H19NO3/c1-7(2)11-5-3-8(4-6-11)9(12)10(13)14/h7-9,12H,3-6H2,1-2H3,(H,13,14). The molecule has 1 rings (SSSR count). The molecule has 82 valence electrons. The molecule has 2 N–H and O–H groups in total. The van der Waals surface area contributed by atoms with E-state index in [0.29, 0.717) is 6.04 Å². The van der Waals surface area contributed by atoms with Gasteiger partial charge in [0, 0.05) is 6.04 Å². The first-order valence-corrected chi connectivity index (χ1v) is 5.17. The highest BCUT2D eigenvalue weighted by molar-refractivity contribution is 5.72. The summed E-state index contributed by atoms with van der Waals surface area (Å²) in [6.45, 7) is 6.06. The lowest BCUT2D eigenvalue weighted by atomic mass is 9.91. The fourth-order valence-corrected chi connectivity index (χ4v) is 1.95. The molecular formula is C10H19NO3. The normalized spacial score (nSPS) is 22.6. The number of hydrogen-bond donors (Lipinski definition) is 2. The first-order valence-electron chi connectivity index (χ1n) is 5.17. The van der Waals surface area contributed by atoms with Crippen molar-refractivity contribution in [3.63, 3.8) is 0 Å². The van der Waals surface area contributed by atoms with Crippen molar-refractivity contribution < 1.29 is 15.0 Å². The highest BCUT2D eigenvalue weighted by Crippen LogP contribution is 2.22. The fourth-order valence-electron chi connectivity index (χ4n) is 1.95. The van der Waals surface area contributed by atoms with Crippen LogP contribution in [0.4, 0.5) is 0 Å². The van der Waals surface area contributed by atoms with Crippen LogP contribution in [0.2, 0.25) is 0 Å². The second kappa shape index (κ2) is 4.75. The molecule has 1 aliphatic rings. The van der Waals surface area contributed by atoms with E-state index in [9.17, 15) is 9.90 Å². The second-order valence-corrected chi connectivity index (χ2v) is 4.25. The van der Waals surface area contributed by atoms with E-state index in [4.69, 9.17) is 5.11 Å². The molecule has 1 aliphatic heterocycles. The Morgan fingerprint density at radius 2 is 1.86 bits per heavy atom. The summed E-state index contributed by atoms with van der Waals surface area (Å²) >= 11 is 0. The molecule has 0 aromatic heterocycles. The molecule has 1 atom stereocenters. The van der Waals surface area contributed by atoms with Gasteiger partial charge in [0.25, 0.3) is 0 Å². The van der Waals surface area contributed by atoms with Gasteiger partial charge >= 0.3 is 5.97 Å². The van der Waals surface area contributed by atoms with Crippen molar-refractivity contribution in [1.82, 2.24) is 4.90 Å². The van der Waals surface area contributed by atoms with Crippen LogP contribution in [-0.2, 0) is 4.79 Å². The van der Waals surface area contributed by atoms with Gasteiger partial charge < -0.3 is 15.1 Å². The second-order valence-electron chi connectivity index (χ2n) is 4.25. The van der Waals surface area contributed by atoms with Crippen molar-refractivity contribution in [3.05, 3.63) is 0 Å². The van der Waals surface area contributed by atoms with E-state index in [2.05, 4.69) is 18.7 Å². The molecule has 14 heavy (non-hydrogen) atoms. The SMILES string of the molecule is CC(C)N1CCC(C(O)C(=O)O)CC1. The average Bonchev–Trinajstić information content (AvgIpc) is 2.16. The summed E-state index contributed by atoms with van der Waals surface area (Å²) in [5.41, 5.74) is 0. The summed E-state index contributed by atoms with van der Waals surface area (Å²) in [7, 11) is 0. The summed E-state index contributed by atoms with van der Waals surface area (Å²) < 4.78 is 0. The minimum atomic E-state index is -1.18. The van der Waals surface area contributed by atoms with Crippen molar-refractivity contribution in [2.24, 2.45) is 5.92 Å². The first-order chi connectivity index (χ1) is 6.52. The van der Waals surface area contributed by atoms with Crippen LogP contribution in [0.1, 0.15) is 26.7 Å². The van der Waals surface area contributed by atoms with Crippen LogP contribution in [0.25, 0.3) is 0 Å². The van der Waals surface area contributed by atoms with Crippen LogP contribution in [0.3, 0.4) is 0 Å². The number of carboxylic acids is 1. The minimum Gasteiger partial charge on any atom is -0.479 e. The highest BCUT2D eigenvalue weighted by Gasteiger charge is 2.29. The number of aliphatic hydroxyl groups is 1. The molecule has 4 heteroatoms. The lowest BCUT2D eigenvalue weighted by molar-refractivity contribution is -0.150. The molecule has 0 amide bonds. The number of carbonyl (C=O) groups is 1. The van der Waals surface area contributed by atoms with Gasteiger partial charge in [-0.3, -0.25) is 0 Å². The van der Waals surface area contributed by atoms with Crippen LogP contribution < -0.4 is 0 Å². The zero-order valence-electron chi connectivity index (χ0n) is 8.81. The lowest BCUT2D eigenvalue weighted by Crippen LogP contribution is -2.43. The van der Waals surface area contributed by atoms with E-state index in [0.717, 1.165) is 25.9 Å². The number of aliphatic hydroxyl groups excluding tert-OH is 1. The quantitative estimate of drug-likeness (QED) is 0.700. The Balaban J connectivity index is 2.39. The van der Waals surface area contributed by atoms with E-state index in [-0.39, 0.29) is 5.92 Å². The van der Waals surface area contributed by atoms with Crippen LogP contribution in [-0.4, -0.2) is 46.3 Å². The van der Waals surface area contributed by atoms with Gasteiger partial charge in [-0.2, -0.15) is 0 Å². The van der Waals surface area contributed by atoms with E-state index >= 15 is 0 Å². The summed E-state index contributed by atoms with van der Waals surface area (Å²) in [6.07, 6.45) is 0.390. The van der Waals surface area contributed by atoms with Gasteiger partial charge in [-0.1, -0.05) is 0 Å². The third kappa shape index (κ3) is 2.69. The topological polar surface area (TPSA) is 60.8 Å². The number of rotatable bonds is 3. The largest absolute Gasteiger partial charge is 0.479 e. The van der Waals surface area contributed by atoms with E-state index in [1.54, 1.807) is 0 Å². The predicted octanol–water partition coefficient (Wildman–Crippen LogP) is 0.552. The van der Waals surface area contributed by atoms with Crippen LogP contribution in [0.5, 0.6) is 0 Å². The molecule has 1 heterocycles. The van der Waals surface area contributed by atoms with Crippen LogP contribution >= 0.6 is 0 Å². The smallest absolute Gasteiger partial charge is 0.332 e. The molecule has 0 aliphatic carbocycles. The van der Waals surface area contributed by atoms with Crippen molar-refractivity contribution in [3.8, 4) is 0 Å². The maximum atomic E-state index is 10.6. The fraction of sp³-hybridized carbons (Fsp3) is 0.900. The third-order valence-electron chi connectivity index (χ3n) is 3.00. The lowest BCUT2D eigenvalue weighted by Gasteiger charge is -2.35. The molecule has 4 nitrogen and oxygen atoms in total. The molecule has 0 aromatic carbocycles. The Hall–Kier alpha value is -0.610. The molecule has 0 saturated carbocycles. The number of likely N-dealkylation sites (tertiary alicyclic amines) is 1. The number of carboxylic acid groups (broad SMARTS) is 1. The predicted molar refractivity (Wildman–Crippen MR) is 53.1 cm³/mol. The molecule has 0 radical (unpaired) electrons. The zero-order chi connectivity index (χ0) is 10.7. The minimum absolute atomic E-state index is 0.0671. The summed E-state index contributed by atoms with van der Waals surface area (Å²) in [4.78, 5) is 12.9. The summed E-state index contributed by atoms with van der Waals surface area (Å²) in [5, 5.41) is 18.0.